The number of aromatic nitrogens is 1. The van der Waals surface area contributed by atoms with Crippen molar-refractivity contribution >= 4 is 17.0 Å². The maximum Gasteiger partial charge on any atom is 0.268 e. The van der Waals surface area contributed by atoms with Gasteiger partial charge in [-0.3, -0.25) is 4.79 Å². The Balaban J connectivity index is 1.94. The summed E-state index contributed by atoms with van der Waals surface area (Å²) in [6, 6.07) is 11.5. The number of amides is 1. The van der Waals surface area contributed by atoms with Gasteiger partial charge < -0.3 is 19.0 Å². The third kappa shape index (κ3) is 3.30. The number of benzene rings is 1. The lowest BCUT2D eigenvalue weighted by Gasteiger charge is -2.12. The molecule has 0 atom stereocenters. The summed E-state index contributed by atoms with van der Waals surface area (Å²) < 4.78 is 12.7. The van der Waals surface area contributed by atoms with E-state index in [0.29, 0.717) is 30.3 Å². The Morgan fingerprint density at radius 2 is 2.12 bits per heavy atom. The van der Waals surface area contributed by atoms with Gasteiger partial charge in [-0.2, -0.15) is 0 Å². The molecule has 3 aromatic rings. The van der Waals surface area contributed by atoms with Gasteiger partial charge in [-0.25, -0.2) is 0 Å². The maximum atomic E-state index is 12.6. The summed E-state index contributed by atoms with van der Waals surface area (Å²) >= 11 is 0. The van der Waals surface area contributed by atoms with Crippen molar-refractivity contribution < 1.29 is 13.9 Å². The minimum atomic E-state index is -0.0852. The van der Waals surface area contributed by atoms with Gasteiger partial charge in [0, 0.05) is 25.2 Å². The largest absolute Gasteiger partial charge is 0.497 e. The first-order valence-electron chi connectivity index (χ1n) is 8.06. The number of hydrogen-bond acceptors (Lipinski definition) is 3. The van der Waals surface area contributed by atoms with Crippen LogP contribution in [-0.2, 0) is 6.54 Å². The minimum Gasteiger partial charge on any atom is -0.497 e. The van der Waals surface area contributed by atoms with E-state index in [4.69, 9.17) is 9.15 Å². The fourth-order valence-corrected chi connectivity index (χ4v) is 2.68. The highest BCUT2D eigenvalue weighted by molar-refractivity contribution is 5.97. The molecule has 0 spiro atoms. The Kier molecular flexibility index (Phi) is 4.60. The molecule has 5 nitrogen and oxygen atoms in total. The summed E-state index contributed by atoms with van der Waals surface area (Å²) in [5, 5.41) is 2.97. The predicted octanol–water partition coefficient (Wildman–Crippen LogP) is 3.68. The molecule has 0 aliphatic rings. The highest BCUT2D eigenvalue weighted by atomic mass is 16.5. The molecule has 2 aromatic heterocycles. The number of rotatable bonds is 6. The van der Waals surface area contributed by atoms with E-state index in [1.165, 1.54) is 0 Å². The fraction of sp³-hybridized carbons (Fsp3) is 0.316. The van der Waals surface area contributed by atoms with Gasteiger partial charge in [0.25, 0.3) is 5.91 Å². The average Bonchev–Trinajstić information content (AvgIpc) is 3.15. The quantitative estimate of drug-likeness (QED) is 0.752. The molecule has 0 saturated carbocycles. The van der Waals surface area contributed by atoms with E-state index in [9.17, 15) is 4.79 Å². The zero-order valence-electron chi connectivity index (χ0n) is 14.2. The van der Waals surface area contributed by atoms with Crippen LogP contribution in [0.1, 0.15) is 29.9 Å². The number of hydrogen-bond donors (Lipinski definition) is 1. The molecule has 24 heavy (non-hydrogen) atoms. The van der Waals surface area contributed by atoms with Crippen LogP contribution >= 0.6 is 0 Å². The Hall–Kier alpha value is -2.69. The molecule has 0 unspecified atom stereocenters. The highest BCUT2D eigenvalue weighted by Crippen LogP contribution is 2.23. The van der Waals surface area contributed by atoms with E-state index in [1.807, 2.05) is 34.9 Å². The molecular formula is C19H22N2O3. The van der Waals surface area contributed by atoms with Gasteiger partial charge in [-0.1, -0.05) is 26.0 Å². The van der Waals surface area contributed by atoms with Crippen molar-refractivity contribution in [2.24, 2.45) is 5.92 Å². The van der Waals surface area contributed by atoms with Gasteiger partial charge in [0.1, 0.15) is 11.4 Å². The summed E-state index contributed by atoms with van der Waals surface area (Å²) in [5.41, 5.74) is 3.29. The molecular weight excluding hydrogens is 304 g/mol. The number of carbonyl (C=O) groups is 1. The summed E-state index contributed by atoms with van der Waals surface area (Å²) in [4.78, 5) is 12.6. The Morgan fingerprint density at radius 1 is 1.29 bits per heavy atom. The van der Waals surface area contributed by atoms with E-state index in [-0.39, 0.29) is 5.91 Å². The Morgan fingerprint density at radius 3 is 2.88 bits per heavy atom. The van der Waals surface area contributed by atoms with Crippen LogP contribution in [0.4, 0.5) is 0 Å². The van der Waals surface area contributed by atoms with Crippen molar-refractivity contribution in [3.05, 3.63) is 53.9 Å². The molecule has 0 fully saturated rings. The van der Waals surface area contributed by atoms with Crippen molar-refractivity contribution in [2.45, 2.75) is 20.4 Å². The van der Waals surface area contributed by atoms with E-state index in [1.54, 1.807) is 19.4 Å². The molecule has 0 aliphatic heterocycles. The van der Waals surface area contributed by atoms with Crippen LogP contribution in [0.3, 0.4) is 0 Å². The van der Waals surface area contributed by atoms with Gasteiger partial charge in [0.2, 0.25) is 0 Å². The number of methoxy groups -OCH3 is 1. The lowest BCUT2D eigenvalue weighted by atomic mass is 10.2. The maximum absolute atomic E-state index is 12.6. The number of ether oxygens (including phenoxy) is 1. The van der Waals surface area contributed by atoms with Gasteiger partial charge >= 0.3 is 0 Å². The number of furan rings is 1. The van der Waals surface area contributed by atoms with Gasteiger partial charge in [-0.15, -0.1) is 0 Å². The van der Waals surface area contributed by atoms with Crippen LogP contribution in [0.2, 0.25) is 0 Å². The normalized spacial score (nSPS) is 11.2. The molecule has 0 saturated heterocycles. The van der Waals surface area contributed by atoms with Crippen LogP contribution in [0.5, 0.6) is 5.75 Å². The lowest BCUT2D eigenvalue weighted by Crippen LogP contribution is -2.29. The Labute approximate surface area is 141 Å². The number of carbonyl (C=O) groups excluding carboxylic acids is 1. The monoisotopic (exact) mass is 326 g/mol. The second-order valence-electron chi connectivity index (χ2n) is 6.24. The molecule has 0 radical (unpaired) electrons. The lowest BCUT2D eigenvalue weighted by molar-refractivity contribution is 0.0940. The number of nitrogens with zero attached hydrogens (tertiary/aromatic N) is 1. The van der Waals surface area contributed by atoms with Gasteiger partial charge in [0.05, 0.1) is 18.9 Å². The molecule has 0 bridgehead atoms. The van der Waals surface area contributed by atoms with Crippen LogP contribution in [0.25, 0.3) is 11.1 Å². The SMILES string of the molecule is COc1cccc(Cn2c(C(=O)NCC(C)C)cc3occc32)c1. The minimum absolute atomic E-state index is 0.0852. The first kappa shape index (κ1) is 16.2. The molecule has 126 valence electrons. The van der Waals surface area contributed by atoms with Crippen LogP contribution in [-0.4, -0.2) is 24.1 Å². The van der Waals surface area contributed by atoms with Crippen molar-refractivity contribution in [3.63, 3.8) is 0 Å². The van der Waals surface area contributed by atoms with Crippen molar-refractivity contribution in [2.75, 3.05) is 13.7 Å². The van der Waals surface area contributed by atoms with E-state index >= 15 is 0 Å². The van der Waals surface area contributed by atoms with E-state index < -0.39 is 0 Å². The fourth-order valence-electron chi connectivity index (χ4n) is 2.68. The van der Waals surface area contributed by atoms with Crippen LogP contribution in [0.15, 0.2) is 47.1 Å². The second-order valence-corrected chi connectivity index (χ2v) is 6.24. The van der Waals surface area contributed by atoms with Crippen LogP contribution in [0, 0.1) is 5.92 Å². The van der Waals surface area contributed by atoms with Crippen molar-refractivity contribution in [1.82, 2.24) is 9.88 Å². The van der Waals surface area contributed by atoms with Gasteiger partial charge in [0.15, 0.2) is 5.58 Å². The molecule has 1 N–H and O–H groups in total. The summed E-state index contributed by atoms with van der Waals surface area (Å²) in [5.74, 6) is 1.12. The third-order valence-electron chi connectivity index (χ3n) is 3.90. The van der Waals surface area contributed by atoms with Crippen molar-refractivity contribution in [1.29, 1.82) is 0 Å². The average molecular weight is 326 g/mol. The molecule has 1 amide bonds. The first-order chi connectivity index (χ1) is 11.6. The zero-order valence-corrected chi connectivity index (χ0v) is 14.2. The summed E-state index contributed by atoms with van der Waals surface area (Å²) in [6.45, 7) is 5.36. The zero-order chi connectivity index (χ0) is 17.1. The molecule has 2 heterocycles. The highest BCUT2D eigenvalue weighted by Gasteiger charge is 2.17. The van der Waals surface area contributed by atoms with E-state index in [2.05, 4.69) is 19.2 Å². The molecule has 1 aromatic carbocycles. The van der Waals surface area contributed by atoms with Gasteiger partial charge in [-0.05, 0) is 23.6 Å². The first-order valence-corrected chi connectivity index (χ1v) is 8.06. The smallest absolute Gasteiger partial charge is 0.268 e. The topological polar surface area (TPSA) is 56.4 Å². The predicted molar refractivity (Wildman–Crippen MR) is 93.5 cm³/mol. The number of nitrogens with one attached hydrogen (secondary N) is 1. The summed E-state index contributed by atoms with van der Waals surface area (Å²) in [6.07, 6.45) is 1.64. The summed E-state index contributed by atoms with van der Waals surface area (Å²) in [7, 11) is 1.65. The molecule has 5 heteroatoms. The number of fused-ring (bicyclic) bond motifs is 1. The third-order valence-corrected chi connectivity index (χ3v) is 3.90. The molecule has 0 aliphatic carbocycles. The van der Waals surface area contributed by atoms with Crippen LogP contribution < -0.4 is 10.1 Å². The van der Waals surface area contributed by atoms with Crippen molar-refractivity contribution in [3.8, 4) is 5.75 Å². The second kappa shape index (κ2) is 6.83. The Bertz CT molecular complexity index is 845. The van der Waals surface area contributed by atoms with E-state index in [0.717, 1.165) is 16.8 Å². The molecule has 3 rings (SSSR count). The standard InChI is InChI=1S/C19H22N2O3/c1-13(2)11-20-19(22)17-10-18-16(7-8-24-18)21(17)12-14-5-4-6-15(9-14)23-3/h4-10,13H,11-12H2,1-3H3,(H,20,22).